The molecule has 0 aliphatic carbocycles. The van der Waals surface area contributed by atoms with E-state index in [1.807, 2.05) is 23.5 Å². The highest BCUT2D eigenvalue weighted by Crippen LogP contribution is 2.39. The Hall–Kier alpha value is -0.0900. The van der Waals surface area contributed by atoms with Crippen molar-refractivity contribution < 1.29 is 4.74 Å². The van der Waals surface area contributed by atoms with Crippen molar-refractivity contribution >= 4 is 29.4 Å². The van der Waals surface area contributed by atoms with Crippen molar-refractivity contribution in [2.24, 2.45) is 0 Å². The molecule has 0 unspecified atom stereocenters. The Bertz CT molecular complexity index is 229. The molecule has 0 bridgehead atoms. The minimum Gasteiger partial charge on any atom is -0.476 e. The van der Waals surface area contributed by atoms with Crippen molar-refractivity contribution in [3.8, 4) is 0 Å². The summed E-state index contributed by atoms with van der Waals surface area (Å²) < 4.78 is 6.54. The van der Waals surface area contributed by atoms with Crippen LogP contribution in [-0.2, 0) is 4.74 Å². The summed E-state index contributed by atoms with van der Waals surface area (Å²) in [6.45, 7) is 0.661. The molecule has 0 radical (unpaired) electrons. The molecule has 0 atom stereocenters. The number of rotatable bonds is 0. The zero-order valence-electron chi connectivity index (χ0n) is 6.76. The molecule has 0 aromatic rings. The molecular formula is C8H11NOS2. The van der Waals surface area contributed by atoms with Gasteiger partial charge in [-0.05, 0) is 23.5 Å². The van der Waals surface area contributed by atoms with Crippen molar-refractivity contribution in [3.63, 3.8) is 0 Å². The average Bonchev–Trinajstić information content (AvgIpc) is 2.54. The number of nitrogens with one attached hydrogen (secondary N) is 1. The van der Waals surface area contributed by atoms with Gasteiger partial charge < -0.3 is 4.74 Å². The van der Waals surface area contributed by atoms with Crippen LogP contribution in [0.3, 0.4) is 0 Å². The Kier molecular flexibility index (Phi) is 2.66. The first-order valence-electron chi connectivity index (χ1n) is 4.04. The van der Waals surface area contributed by atoms with Gasteiger partial charge in [-0.25, -0.2) is 0 Å². The van der Waals surface area contributed by atoms with Gasteiger partial charge in [0.15, 0.2) is 5.90 Å². The predicted molar refractivity (Wildman–Crippen MR) is 54.9 cm³/mol. The van der Waals surface area contributed by atoms with E-state index in [-0.39, 0.29) is 0 Å². The first kappa shape index (κ1) is 8.51. The number of hydrogen-bond donors (Lipinski definition) is 1. The minimum absolute atomic E-state index is 0.435. The smallest absolute Gasteiger partial charge is 0.185 e. The van der Waals surface area contributed by atoms with Crippen LogP contribution in [0.1, 0.15) is 12.8 Å². The summed E-state index contributed by atoms with van der Waals surface area (Å²) >= 11 is 3.86. The van der Waals surface area contributed by atoms with Crippen LogP contribution < -0.4 is 0 Å². The standard InChI is InChI=1S/C8H11NOS2/c9-7-4-6(5-10-7)8-11-2-1-3-12-8/h9H,1-5H2. The van der Waals surface area contributed by atoms with Crippen LogP contribution in [0.25, 0.3) is 0 Å². The molecule has 2 fully saturated rings. The summed E-state index contributed by atoms with van der Waals surface area (Å²) in [6, 6.07) is 0. The van der Waals surface area contributed by atoms with Gasteiger partial charge in [0.2, 0.25) is 0 Å². The van der Waals surface area contributed by atoms with Crippen LogP contribution in [0.4, 0.5) is 0 Å². The molecule has 0 saturated carbocycles. The molecule has 0 amide bonds. The van der Waals surface area contributed by atoms with Crippen molar-refractivity contribution in [2.45, 2.75) is 12.8 Å². The molecule has 2 rings (SSSR count). The van der Waals surface area contributed by atoms with E-state index in [4.69, 9.17) is 10.1 Å². The molecule has 0 aromatic heterocycles. The molecule has 1 N–H and O–H groups in total. The van der Waals surface area contributed by atoms with Crippen molar-refractivity contribution in [2.75, 3.05) is 18.1 Å². The lowest BCUT2D eigenvalue weighted by molar-refractivity contribution is 0.362. The Labute approximate surface area is 80.6 Å². The zero-order chi connectivity index (χ0) is 8.39. The summed E-state index contributed by atoms with van der Waals surface area (Å²) in [7, 11) is 0. The number of thioether (sulfide) groups is 2. The van der Waals surface area contributed by atoms with Gasteiger partial charge in [-0.3, -0.25) is 5.41 Å². The monoisotopic (exact) mass is 201 g/mol. The molecule has 0 aromatic carbocycles. The number of ether oxygens (including phenoxy) is 1. The molecule has 12 heavy (non-hydrogen) atoms. The molecule has 0 spiro atoms. The summed E-state index contributed by atoms with van der Waals surface area (Å²) in [4.78, 5) is 0. The Balaban J connectivity index is 2.08. The van der Waals surface area contributed by atoms with Crippen LogP contribution in [-0.4, -0.2) is 24.0 Å². The molecular weight excluding hydrogens is 190 g/mol. The lowest BCUT2D eigenvalue weighted by atomic mass is 10.3. The van der Waals surface area contributed by atoms with Gasteiger partial charge in [0.05, 0.1) is 0 Å². The van der Waals surface area contributed by atoms with Crippen LogP contribution in [0, 0.1) is 5.41 Å². The van der Waals surface area contributed by atoms with Crippen LogP contribution in [0.2, 0.25) is 0 Å². The van der Waals surface area contributed by atoms with Crippen LogP contribution in [0.5, 0.6) is 0 Å². The van der Waals surface area contributed by atoms with E-state index in [0.717, 1.165) is 6.42 Å². The Morgan fingerprint density at radius 2 is 2.00 bits per heavy atom. The largest absolute Gasteiger partial charge is 0.476 e. The van der Waals surface area contributed by atoms with Gasteiger partial charge >= 0.3 is 0 Å². The fourth-order valence-electron chi connectivity index (χ4n) is 1.24. The van der Waals surface area contributed by atoms with E-state index >= 15 is 0 Å². The molecule has 2 aliphatic rings. The fraction of sp³-hybridized carbons (Fsp3) is 0.625. The molecule has 2 saturated heterocycles. The normalized spacial score (nSPS) is 24.5. The maximum Gasteiger partial charge on any atom is 0.185 e. The van der Waals surface area contributed by atoms with Crippen molar-refractivity contribution in [1.29, 1.82) is 5.41 Å². The second-order valence-corrected chi connectivity index (χ2v) is 5.30. The second-order valence-electron chi connectivity index (χ2n) is 2.83. The van der Waals surface area contributed by atoms with E-state index in [0.29, 0.717) is 12.5 Å². The topological polar surface area (TPSA) is 33.1 Å². The highest BCUT2D eigenvalue weighted by atomic mass is 32.2. The van der Waals surface area contributed by atoms with Crippen molar-refractivity contribution in [3.05, 3.63) is 9.81 Å². The van der Waals surface area contributed by atoms with Gasteiger partial charge in [-0.2, -0.15) is 0 Å². The van der Waals surface area contributed by atoms with Crippen molar-refractivity contribution in [1.82, 2.24) is 0 Å². The minimum atomic E-state index is 0.435. The third-order valence-corrected chi connectivity index (χ3v) is 4.63. The quantitative estimate of drug-likeness (QED) is 0.653. The lowest BCUT2D eigenvalue weighted by Crippen LogP contribution is -1.95. The Morgan fingerprint density at radius 1 is 1.25 bits per heavy atom. The molecule has 2 heterocycles. The molecule has 2 aliphatic heterocycles. The van der Waals surface area contributed by atoms with Crippen LogP contribution >= 0.6 is 23.5 Å². The van der Waals surface area contributed by atoms with Gasteiger partial charge in [-0.15, -0.1) is 23.5 Å². The van der Waals surface area contributed by atoms with E-state index in [1.54, 1.807) is 0 Å². The summed E-state index contributed by atoms with van der Waals surface area (Å²) in [5.74, 6) is 2.91. The summed E-state index contributed by atoms with van der Waals surface area (Å²) in [6.07, 6.45) is 2.06. The third kappa shape index (κ3) is 1.80. The highest BCUT2D eigenvalue weighted by Gasteiger charge is 2.20. The molecule has 2 nitrogen and oxygen atoms in total. The van der Waals surface area contributed by atoms with E-state index in [9.17, 15) is 0 Å². The lowest BCUT2D eigenvalue weighted by Gasteiger charge is -2.13. The first-order valence-corrected chi connectivity index (χ1v) is 6.01. The van der Waals surface area contributed by atoms with E-state index in [1.165, 1.54) is 27.7 Å². The maximum absolute atomic E-state index is 7.32. The summed E-state index contributed by atoms with van der Waals surface area (Å²) in [5, 5.41) is 7.32. The van der Waals surface area contributed by atoms with Crippen LogP contribution in [0.15, 0.2) is 9.81 Å². The van der Waals surface area contributed by atoms with Gasteiger partial charge in [0.25, 0.3) is 0 Å². The first-order chi connectivity index (χ1) is 5.86. The zero-order valence-corrected chi connectivity index (χ0v) is 8.39. The third-order valence-electron chi connectivity index (χ3n) is 1.84. The fourth-order valence-corrected chi connectivity index (χ4v) is 3.87. The Morgan fingerprint density at radius 3 is 2.58 bits per heavy atom. The van der Waals surface area contributed by atoms with Gasteiger partial charge in [-0.1, -0.05) is 0 Å². The maximum atomic E-state index is 7.32. The van der Waals surface area contributed by atoms with Gasteiger partial charge in [0, 0.05) is 10.7 Å². The highest BCUT2D eigenvalue weighted by molar-refractivity contribution is 8.22. The van der Waals surface area contributed by atoms with E-state index < -0.39 is 0 Å². The average molecular weight is 201 g/mol. The second kappa shape index (κ2) is 3.75. The molecule has 4 heteroatoms. The molecule has 66 valence electrons. The SMILES string of the molecule is N=C1CC(=C2SCCCS2)CO1. The van der Waals surface area contributed by atoms with Gasteiger partial charge in [0.1, 0.15) is 6.61 Å². The predicted octanol–water partition coefficient (Wildman–Crippen LogP) is 2.47. The van der Waals surface area contributed by atoms with E-state index in [2.05, 4.69) is 0 Å². The number of hydrogen-bond acceptors (Lipinski definition) is 4. The summed E-state index contributed by atoms with van der Waals surface area (Å²) in [5.41, 5.74) is 1.33.